The van der Waals surface area contributed by atoms with E-state index in [0.717, 1.165) is 5.56 Å². The van der Waals surface area contributed by atoms with Crippen LogP contribution in [0.3, 0.4) is 0 Å². The quantitative estimate of drug-likeness (QED) is 0.875. The molecule has 0 saturated carbocycles. The van der Waals surface area contributed by atoms with Crippen LogP contribution in [0.25, 0.3) is 0 Å². The van der Waals surface area contributed by atoms with E-state index in [2.05, 4.69) is 25.9 Å². The first-order chi connectivity index (χ1) is 10.4. The van der Waals surface area contributed by atoms with Gasteiger partial charge in [-0.2, -0.15) is 5.10 Å². The van der Waals surface area contributed by atoms with Crippen molar-refractivity contribution in [2.45, 2.75) is 19.8 Å². The molecule has 2 N–H and O–H groups in total. The standard InChI is InChI=1S/C14H18N6O2/c1-8(2)10-5-11(18-19-12(10)14(22)15-3)17-13(21)9-6-16-20(4)7-9/h5-8H,1-4H3,(H,15,22)(H,17,18,21). The van der Waals surface area contributed by atoms with Gasteiger partial charge < -0.3 is 10.6 Å². The molecule has 0 spiro atoms. The van der Waals surface area contributed by atoms with Crippen LogP contribution >= 0.6 is 0 Å². The average molecular weight is 302 g/mol. The number of rotatable bonds is 4. The lowest BCUT2D eigenvalue weighted by Gasteiger charge is -2.12. The Balaban J connectivity index is 2.27. The highest BCUT2D eigenvalue weighted by Crippen LogP contribution is 2.20. The van der Waals surface area contributed by atoms with E-state index in [0.29, 0.717) is 11.4 Å². The Labute approximate surface area is 127 Å². The molecule has 0 aromatic carbocycles. The minimum absolute atomic E-state index is 0.0665. The Morgan fingerprint density at radius 3 is 2.50 bits per heavy atom. The molecule has 0 aliphatic carbocycles. The number of amides is 2. The number of carbonyl (C=O) groups is 2. The Kier molecular flexibility index (Phi) is 4.50. The topological polar surface area (TPSA) is 102 Å². The molecule has 22 heavy (non-hydrogen) atoms. The molecule has 2 rings (SSSR count). The summed E-state index contributed by atoms with van der Waals surface area (Å²) in [6.07, 6.45) is 3.07. The summed E-state index contributed by atoms with van der Waals surface area (Å²) < 4.78 is 1.54. The minimum atomic E-state index is -0.329. The SMILES string of the molecule is CNC(=O)c1nnc(NC(=O)c2cnn(C)c2)cc1C(C)C. The summed E-state index contributed by atoms with van der Waals surface area (Å²) in [5, 5.41) is 16.9. The second kappa shape index (κ2) is 6.33. The van der Waals surface area contributed by atoms with Gasteiger partial charge in [0.1, 0.15) is 0 Å². The number of anilines is 1. The predicted octanol–water partition coefficient (Wildman–Crippen LogP) is 0.945. The molecule has 8 heteroatoms. The van der Waals surface area contributed by atoms with E-state index >= 15 is 0 Å². The van der Waals surface area contributed by atoms with Crippen LogP contribution < -0.4 is 10.6 Å². The van der Waals surface area contributed by atoms with E-state index in [1.807, 2.05) is 13.8 Å². The summed E-state index contributed by atoms with van der Waals surface area (Å²) >= 11 is 0. The summed E-state index contributed by atoms with van der Waals surface area (Å²) in [5.74, 6) is -0.270. The van der Waals surface area contributed by atoms with Gasteiger partial charge >= 0.3 is 0 Å². The van der Waals surface area contributed by atoms with Crippen LogP contribution in [-0.4, -0.2) is 38.8 Å². The van der Waals surface area contributed by atoms with Crippen molar-refractivity contribution >= 4 is 17.6 Å². The van der Waals surface area contributed by atoms with Gasteiger partial charge in [0.05, 0.1) is 11.8 Å². The normalized spacial score (nSPS) is 10.6. The van der Waals surface area contributed by atoms with Crippen LogP contribution in [0.4, 0.5) is 5.82 Å². The number of hydrogen-bond acceptors (Lipinski definition) is 5. The molecule has 0 atom stereocenters. The molecule has 0 aliphatic rings. The Hall–Kier alpha value is -2.77. The van der Waals surface area contributed by atoms with Gasteiger partial charge in [-0.25, -0.2) is 0 Å². The molecule has 0 radical (unpaired) electrons. The van der Waals surface area contributed by atoms with Gasteiger partial charge in [-0.1, -0.05) is 13.8 Å². The van der Waals surface area contributed by atoms with Crippen molar-refractivity contribution in [2.24, 2.45) is 7.05 Å². The van der Waals surface area contributed by atoms with Crippen LogP contribution in [0.5, 0.6) is 0 Å². The predicted molar refractivity (Wildman–Crippen MR) is 80.7 cm³/mol. The van der Waals surface area contributed by atoms with Crippen LogP contribution in [-0.2, 0) is 7.05 Å². The fourth-order valence-electron chi connectivity index (χ4n) is 1.93. The molecule has 0 fully saturated rings. The highest BCUT2D eigenvalue weighted by Gasteiger charge is 2.17. The highest BCUT2D eigenvalue weighted by atomic mass is 16.2. The van der Waals surface area contributed by atoms with E-state index in [1.54, 1.807) is 19.3 Å². The first-order valence-electron chi connectivity index (χ1n) is 6.82. The molecular weight excluding hydrogens is 284 g/mol. The van der Waals surface area contributed by atoms with Gasteiger partial charge in [-0.15, -0.1) is 10.2 Å². The van der Waals surface area contributed by atoms with E-state index in [1.165, 1.54) is 17.9 Å². The molecule has 2 aromatic heterocycles. The molecule has 2 amide bonds. The monoisotopic (exact) mass is 302 g/mol. The lowest BCUT2D eigenvalue weighted by Crippen LogP contribution is -2.23. The zero-order valence-corrected chi connectivity index (χ0v) is 12.9. The molecule has 116 valence electrons. The number of hydrogen-bond donors (Lipinski definition) is 2. The van der Waals surface area contributed by atoms with Crippen molar-refractivity contribution in [1.29, 1.82) is 0 Å². The highest BCUT2D eigenvalue weighted by molar-refractivity contribution is 6.03. The second-order valence-electron chi connectivity index (χ2n) is 5.12. The molecule has 2 aromatic rings. The van der Waals surface area contributed by atoms with Gasteiger partial charge in [-0.05, 0) is 17.5 Å². The number of nitrogens with zero attached hydrogens (tertiary/aromatic N) is 4. The fraction of sp³-hybridized carbons (Fsp3) is 0.357. The smallest absolute Gasteiger partial charge is 0.271 e. The number of aromatic nitrogens is 4. The van der Waals surface area contributed by atoms with Crippen molar-refractivity contribution in [2.75, 3.05) is 12.4 Å². The van der Waals surface area contributed by atoms with E-state index in [4.69, 9.17) is 0 Å². The minimum Gasteiger partial charge on any atom is -0.354 e. The first kappa shape index (κ1) is 15.6. The Morgan fingerprint density at radius 2 is 1.95 bits per heavy atom. The van der Waals surface area contributed by atoms with Crippen molar-refractivity contribution in [3.63, 3.8) is 0 Å². The molecule has 8 nitrogen and oxygen atoms in total. The van der Waals surface area contributed by atoms with Crippen molar-refractivity contribution in [3.05, 3.63) is 35.3 Å². The third kappa shape index (κ3) is 3.27. The Morgan fingerprint density at radius 1 is 1.23 bits per heavy atom. The summed E-state index contributed by atoms with van der Waals surface area (Å²) in [5.41, 5.74) is 1.40. The number of aryl methyl sites for hydroxylation is 1. The Bertz CT molecular complexity index is 707. The molecule has 0 aliphatic heterocycles. The lowest BCUT2D eigenvalue weighted by molar-refractivity contribution is 0.0955. The average Bonchev–Trinajstić information content (AvgIpc) is 2.93. The number of carbonyl (C=O) groups excluding carboxylic acids is 2. The number of nitrogens with one attached hydrogen (secondary N) is 2. The third-order valence-corrected chi connectivity index (χ3v) is 3.10. The maximum atomic E-state index is 12.1. The van der Waals surface area contributed by atoms with E-state index < -0.39 is 0 Å². The van der Waals surface area contributed by atoms with Gasteiger partial charge in [0.15, 0.2) is 11.5 Å². The van der Waals surface area contributed by atoms with E-state index in [9.17, 15) is 9.59 Å². The fourth-order valence-corrected chi connectivity index (χ4v) is 1.93. The van der Waals surface area contributed by atoms with Crippen LogP contribution in [0.1, 0.15) is 46.2 Å². The van der Waals surface area contributed by atoms with Gasteiger partial charge in [0.2, 0.25) is 0 Å². The summed E-state index contributed by atoms with van der Waals surface area (Å²) in [7, 11) is 3.26. The van der Waals surface area contributed by atoms with E-state index in [-0.39, 0.29) is 23.4 Å². The second-order valence-corrected chi connectivity index (χ2v) is 5.12. The van der Waals surface area contributed by atoms with Gasteiger partial charge in [0, 0.05) is 20.3 Å². The summed E-state index contributed by atoms with van der Waals surface area (Å²) in [4.78, 5) is 23.9. The van der Waals surface area contributed by atoms with Gasteiger partial charge in [0.25, 0.3) is 11.8 Å². The maximum Gasteiger partial charge on any atom is 0.271 e. The van der Waals surface area contributed by atoms with Crippen LogP contribution in [0.2, 0.25) is 0 Å². The molecular formula is C14H18N6O2. The van der Waals surface area contributed by atoms with Crippen molar-refractivity contribution < 1.29 is 9.59 Å². The molecule has 0 saturated heterocycles. The zero-order chi connectivity index (χ0) is 16.3. The van der Waals surface area contributed by atoms with Crippen molar-refractivity contribution in [3.8, 4) is 0 Å². The molecule has 2 heterocycles. The largest absolute Gasteiger partial charge is 0.354 e. The van der Waals surface area contributed by atoms with Crippen LogP contribution in [0.15, 0.2) is 18.5 Å². The zero-order valence-electron chi connectivity index (χ0n) is 12.9. The van der Waals surface area contributed by atoms with Crippen LogP contribution in [0, 0.1) is 0 Å². The van der Waals surface area contributed by atoms with Crippen molar-refractivity contribution in [1.82, 2.24) is 25.3 Å². The summed E-state index contributed by atoms with van der Waals surface area (Å²) in [6.45, 7) is 3.88. The maximum absolute atomic E-state index is 12.1. The first-order valence-corrected chi connectivity index (χ1v) is 6.82. The summed E-state index contributed by atoms with van der Waals surface area (Å²) in [6, 6.07) is 1.66. The van der Waals surface area contributed by atoms with Gasteiger partial charge in [-0.3, -0.25) is 14.3 Å². The molecule has 0 bridgehead atoms. The molecule has 0 unspecified atom stereocenters. The third-order valence-electron chi connectivity index (χ3n) is 3.10. The lowest BCUT2D eigenvalue weighted by atomic mass is 10.0.